The predicted octanol–water partition coefficient (Wildman–Crippen LogP) is 13.0. The summed E-state index contributed by atoms with van der Waals surface area (Å²) in [7, 11) is 0. The Bertz CT molecular complexity index is 1260. The molecular formula is C56H99N5O4. The van der Waals surface area contributed by atoms with Crippen molar-refractivity contribution in [1.82, 2.24) is 24.9 Å². The summed E-state index contributed by atoms with van der Waals surface area (Å²) in [5, 5.41) is 3.68. The third-order valence-electron chi connectivity index (χ3n) is 14.7. The van der Waals surface area contributed by atoms with Gasteiger partial charge in [-0.2, -0.15) is 0 Å². The van der Waals surface area contributed by atoms with E-state index in [-0.39, 0.29) is 73.7 Å². The van der Waals surface area contributed by atoms with Gasteiger partial charge in [-0.1, -0.05) is 231 Å². The van der Waals surface area contributed by atoms with Gasteiger partial charge >= 0.3 is 0 Å². The molecule has 4 unspecified atom stereocenters. The van der Waals surface area contributed by atoms with Gasteiger partial charge in [0, 0.05) is 39.0 Å². The van der Waals surface area contributed by atoms with Gasteiger partial charge in [-0.3, -0.25) is 44.1 Å². The fourth-order valence-electron chi connectivity index (χ4n) is 10.1. The quantitative estimate of drug-likeness (QED) is 0.0282. The molecule has 1 N–H and O–H groups in total. The molecule has 65 heavy (non-hydrogen) atoms. The molecule has 4 aliphatic heterocycles. The second kappa shape index (κ2) is 34.9. The van der Waals surface area contributed by atoms with E-state index in [1.807, 2.05) is 12.2 Å². The van der Waals surface area contributed by atoms with E-state index in [1.54, 1.807) is 0 Å². The number of allylic oxidation sites excluding steroid dienone is 2. The molecule has 4 rings (SSSR count). The summed E-state index contributed by atoms with van der Waals surface area (Å²) in [5.74, 6) is -1.18. The third-order valence-corrected chi connectivity index (χ3v) is 14.7. The van der Waals surface area contributed by atoms with Crippen molar-refractivity contribution in [3.05, 3.63) is 24.3 Å². The van der Waals surface area contributed by atoms with Crippen LogP contribution in [0.4, 0.5) is 0 Å². The van der Waals surface area contributed by atoms with Crippen LogP contribution in [0.3, 0.4) is 0 Å². The van der Waals surface area contributed by atoms with Crippen molar-refractivity contribution in [3.8, 4) is 0 Å². The van der Waals surface area contributed by atoms with Crippen LogP contribution in [0.5, 0.6) is 0 Å². The van der Waals surface area contributed by atoms with Crippen molar-refractivity contribution in [2.75, 3.05) is 39.3 Å². The van der Waals surface area contributed by atoms with Crippen LogP contribution in [0.1, 0.15) is 245 Å². The van der Waals surface area contributed by atoms with Crippen LogP contribution in [0.2, 0.25) is 0 Å². The Kier molecular flexibility index (Phi) is 29.6. The van der Waals surface area contributed by atoms with E-state index in [1.165, 1.54) is 202 Å². The van der Waals surface area contributed by atoms with Crippen molar-refractivity contribution in [2.45, 2.75) is 257 Å². The van der Waals surface area contributed by atoms with E-state index >= 15 is 0 Å². The number of amides is 4. The minimum absolute atomic E-state index is 0.103. The van der Waals surface area contributed by atoms with Crippen LogP contribution in [0.15, 0.2) is 24.3 Å². The van der Waals surface area contributed by atoms with Crippen molar-refractivity contribution in [3.63, 3.8) is 0 Å². The number of imide groups is 2. The Balaban J connectivity index is 1.04. The zero-order valence-corrected chi connectivity index (χ0v) is 42.2. The van der Waals surface area contributed by atoms with Crippen molar-refractivity contribution < 1.29 is 19.2 Å². The van der Waals surface area contributed by atoms with E-state index in [0.29, 0.717) is 0 Å². The number of hydrogen-bond acceptors (Lipinski definition) is 7. The van der Waals surface area contributed by atoms with Crippen LogP contribution in [-0.4, -0.2) is 94.8 Å². The summed E-state index contributed by atoms with van der Waals surface area (Å²) in [4.78, 5) is 60.7. The van der Waals surface area contributed by atoms with Gasteiger partial charge in [-0.25, -0.2) is 0 Å². The average molecular weight is 906 g/mol. The average Bonchev–Trinajstić information content (AvgIpc) is 4.25. The standard InChI is InChI=1S/C56H99N5O4/c1-3-5-7-9-11-13-15-17-19-21-23-25-27-29-31-33-35-37-39-49-45-53(62)60(55(49)64)47-51(58-41-42-58)57-52(59-43-44-59)48-61-54(63)46-50(56(61)65)40-38-36-34-32-30-28-26-24-22-20-18-16-14-12-10-8-6-4-2/h37-40,49-52,57H,3-36,41-48H2,1-2H3/b39-37+,40-38+. The topological polar surface area (TPSA) is 92.8 Å². The molecule has 4 amide bonds. The first-order valence-corrected chi connectivity index (χ1v) is 28.2. The fourth-order valence-corrected chi connectivity index (χ4v) is 10.1. The monoisotopic (exact) mass is 906 g/mol. The van der Waals surface area contributed by atoms with Crippen LogP contribution >= 0.6 is 0 Å². The second-order valence-corrected chi connectivity index (χ2v) is 20.6. The molecule has 0 saturated carbocycles. The summed E-state index contributed by atoms with van der Waals surface area (Å²) in [6, 6.07) is 0. The summed E-state index contributed by atoms with van der Waals surface area (Å²) in [6.07, 6.45) is 53.5. The highest BCUT2D eigenvalue weighted by molar-refractivity contribution is 6.05. The Morgan fingerprint density at radius 1 is 0.415 bits per heavy atom. The minimum atomic E-state index is -0.379. The first kappa shape index (κ1) is 55.2. The van der Waals surface area contributed by atoms with Crippen LogP contribution < -0.4 is 5.32 Å². The summed E-state index contributed by atoms with van der Waals surface area (Å²) in [5.41, 5.74) is 0. The molecule has 4 fully saturated rings. The summed E-state index contributed by atoms with van der Waals surface area (Å²) < 4.78 is 0. The molecule has 0 aromatic heterocycles. The number of carbonyl (C=O) groups excluding carboxylic acids is 4. The maximum Gasteiger partial charge on any atom is 0.236 e. The van der Waals surface area contributed by atoms with E-state index in [0.717, 1.165) is 51.9 Å². The molecule has 0 aromatic rings. The molecule has 9 nitrogen and oxygen atoms in total. The van der Waals surface area contributed by atoms with Gasteiger partial charge in [0.15, 0.2) is 0 Å². The fraction of sp³-hybridized carbons (Fsp3) is 0.857. The molecular weight excluding hydrogens is 807 g/mol. The van der Waals surface area contributed by atoms with Gasteiger partial charge in [0.25, 0.3) is 0 Å². The van der Waals surface area contributed by atoms with Crippen molar-refractivity contribution >= 4 is 23.6 Å². The van der Waals surface area contributed by atoms with E-state index in [9.17, 15) is 19.2 Å². The van der Waals surface area contributed by atoms with Gasteiger partial charge in [0.05, 0.1) is 37.3 Å². The van der Waals surface area contributed by atoms with Gasteiger partial charge in [0.1, 0.15) is 0 Å². The smallest absolute Gasteiger partial charge is 0.236 e. The highest BCUT2D eigenvalue weighted by atomic mass is 16.2. The van der Waals surface area contributed by atoms with Crippen LogP contribution in [0.25, 0.3) is 0 Å². The Hall–Kier alpha value is -2.36. The molecule has 0 spiro atoms. The lowest BCUT2D eigenvalue weighted by atomic mass is 10.0. The van der Waals surface area contributed by atoms with Gasteiger partial charge < -0.3 is 0 Å². The number of hydrogen-bond donors (Lipinski definition) is 1. The Morgan fingerprint density at radius 2 is 0.677 bits per heavy atom. The molecule has 4 atom stereocenters. The zero-order valence-electron chi connectivity index (χ0n) is 42.2. The number of nitrogens with one attached hydrogen (secondary N) is 1. The molecule has 4 saturated heterocycles. The number of nitrogens with zero attached hydrogens (tertiary/aromatic N) is 4. The first-order valence-electron chi connectivity index (χ1n) is 28.2. The number of rotatable bonds is 44. The summed E-state index contributed by atoms with van der Waals surface area (Å²) in [6.45, 7) is 8.75. The number of unbranched alkanes of at least 4 members (excludes halogenated alkanes) is 32. The maximum atomic E-state index is 13.5. The largest absolute Gasteiger partial charge is 0.284 e. The third kappa shape index (κ3) is 24.0. The minimum Gasteiger partial charge on any atom is -0.284 e. The van der Waals surface area contributed by atoms with Crippen LogP contribution in [-0.2, 0) is 19.2 Å². The lowest BCUT2D eigenvalue weighted by Gasteiger charge is -2.32. The normalized spacial score (nSPS) is 20.2. The predicted molar refractivity (Wildman–Crippen MR) is 270 cm³/mol. The van der Waals surface area contributed by atoms with Gasteiger partial charge in [0.2, 0.25) is 23.6 Å². The lowest BCUT2D eigenvalue weighted by Crippen LogP contribution is -2.56. The van der Waals surface area contributed by atoms with E-state index in [4.69, 9.17) is 0 Å². The lowest BCUT2D eigenvalue weighted by molar-refractivity contribution is -0.140. The molecule has 0 bridgehead atoms. The summed E-state index contributed by atoms with van der Waals surface area (Å²) >= 11 is 0. The van der Waals surface area contributed by atoms with Gasteiger partial charge in [-0.05, 0) is 25.7 Å². The Labute approximate surface area is 399 Å². The van der Waals surface area contributed by atoms with Crippen molar-refractivity contribution in [2.24, 2.45) is 11.8 Å². The van der Waals surface area contributed by atoms with E-state index in [2.05, 4.69) is 41.1 Å². The van der Waals surface area contributed by atoms with Crippen molar-refractivity contribution in [1.29, 1.82) is 0 Å². The molecule has 9 heteroatoms. The molecule has 0 aromatic carbocycles. The Morgan fingerprint density at radius 3 is 0.938 bits per heavy atom. The second-order valence-electron chi connectivity index (χ2n) is 20.6. The maximum absolute atomic E-state index is 13.5. The van der Waals surface area contributed by atoms with Gasteiger partial charge in [-0.15, -0.1) is 0 Å². The molecule has 4 heterocycles. The molecule has 372 valence electrons. The van der Waals surface area contributed by atoms with E-state index < -0.39 is 0 Å². The number of carbonyl (C=O) groups is 4. The first-order chi connectivity index (χ1) is 31.9. The highest BCUT2D eigenvalue weighted by Gasteiger charge is 2.44. The molecule has 0 aliphatic carbocycles. The molecule has 0 radical (unpaired) electrons. The highest BCUT2D eigenvalue weighted by Crippen LogP contribution is 2.27. The SMILES string of the molecule is CCCCCCCCCCCCCCCCCC/C=C/C1CC(=O)N(CC(NC(CN2C(=O)CC(/C=C/CCCCCCCCCCCCCCCCCC)C2=O)N2CC2)N2CC2)C1=O. The number of likely N-dealkylation sites (tertiary alicyclic amines) is 2. The molecule has 4 aliphatic rings. The zero-order chi connectivity index (χ0) is 46.2. The van der Waals surface area contributed by atoms with Crippen LogP contribution in [0, 0.1) is 11.8 Å².